The quantitative estimate of drug-likeness (QED) is 0.789. The fourth-order valence-corrected chi connectivity index (χ4v) is 3.82. The third-order valence-electron chi connectivity index (χ3n) is 5.57. The van der Waals surface area contributed by atoms with Gasteiger partial charge in [-0.15, -0.1) is 0 Å². The Balaban J connectivity index is 1.89. The highest BCUT2D eigenvalue weighted by atomic mass is 16.5. The Hall–Kier alpha value is -2.20. The number of hydrogen-bond donors (Lipinski definition) is 0. The fraction of sp³-hybridized carbons (Fsp3) is 0.478. The number of ether oxygens (including phenoxy) is 1. The zero-order valence-electron chi connectivity index (χ0n) is 17.1. The Morgan fingerprint density at radius 3 is 2.70 bits per heavy atom. The lowest BCUT2D eigenvalue weighted by molar-refractivity contribution is -0.152. The third kappa shape index (κ3) is 4.22. The SMILES string of the molecule is COC(C)(C)C(=O)N1CCCC1c1cc(Cc2ccccc2C)cc(C)n1. The zero-order chi connectivity index (χ0) is 19.6. The number of benzene rings is 1. The molecule has 1 amide bonds. The van der Waals surface area contributed by atoms with Crippen LogP contribution in [-0.2, 0) is 16.0 Å². The second kappa shape index (κ2) is 7.81. The van der Waals surface area contributed by atoms with Crippen LogP contribution in [0.5, 0.6) is 0 Å². The van der Waals surface area contributed by atoms with Crippen molar-refractivity contribution in [1.82, 2.24) is 9.88 Å². The minimum absolute atomic E-state index is 0.0300. The molecule has 144 valence electrons. The smallest absolute Gasteiger partial charge is 0.254 e. The first-order valence-electron chi connectivity index (χ1n) is 9.70. The molecular formula is C23H30N2O2. The minimum atomic E-state index is -0.809. The van der Waals surface area contributed by atoms with Gasteiger partial charge >= 0.3 is 0 Å². The van der Waals surface area contributed by atoms with Crippen molar-refractivity contribution in [2.45, 2.75) is 58.6 Å². The summed E-state index contributed by atoms with van der Waals surface area (Å²) in [7, 11) is 1.59. The van der Waals surface area contributed by atoms with Gasteiger partial charge in [0, 0.05) is 19.3 Å². The number of hydrogen-bond acceptors (Lipinski definition) is 3. The lowest BCUT2D eigenvalue weighted by Crippen LogP contribution is -2.46. The zero-order valence-corrected chi connectivity index (χ0v) is 17.1. The molecule has 1 aliphatic heterocycles. The predicted molar refractivity (Wildman–Crippen MR) is 108 cm³/mol. The van der Waals surface area contributed by atoms with Crippen molar-refractivity contribution in [3.63, 3.8) is 0 Å². The molecule has 1 fully saturated rings. The van der Waals surface area contributed by atoms with Crippen LogP contribution in [0, 0.1) is 13.8 Å². The van der Waals surface area contributed by atoms with Crippen LogP contribution >= 0.6 is 0 Å². The summed E-state index contributed by atoms with van der Waals surface area (Å²) in [4.78, 5) is 19.7. The van der Waals surface area contributed by atoms with E-state index in [1.54, 1.807) is 7.11 Å². The highest BCUT2D eigenvalue weighted by Gasteiger charge is 2.39. The summed E-state index contributed by atoms with van der Waals surface area (Å²) in [5.41, 5.74) is 5.06. The Kier molecular flexibility index (Phi) is 5.66. The number of carbonyl (C=O) groups excluding carboxylic acids is 1. The number of aryl methyl sites for hydroxylation is 2. The topological polar surface area (TPSA) is 42.4 Å². The Morgan fingerprint density at radius 2 is 2.00 bits per heavy atom. The standard InChI is InChI=1S/C23H30N2O2/c1-16-9-6-7-10-19(16)14-18-13-17(2)24-20(15-18)21-11-8-12-25(21)22(26)23(3,4)27-5/h6-7,9-10,13,15,21H,8,11-12,14H2,1-5H3. The molecule has 1 saturated heterocycles. The summed E-state index contributed by atoms with van der Waals surface area (Å²) in [6.07, 6.45) is 2.83. The molecule has 0 N–H and O–H groups in total. The second-order valence-corrected chi connectivity index (χ2v) is 8.02. The molecule has 0 aliphatic carbocycles. The number of aromatic nitrogens is 1. The molecule has 0 radical (unpaired) electrons. The molecule has 2 aromatic rings. The summed E-state index contributed by atoms with van der Waals surface area (Å²) in [5.74, 6) is 0.0382. The van der Waals surface area contributed by atoms with Crippen LogP contribution in [0.25, 0.3) is 0 Å². The van der Waals surface area contributed by atoms with E-state index in [1.165, 1.54) is 16.7 Å². The molecule has 1 aromatic heterocycles. The molecule has 4 nitrogen and oxygen atoms in total. The summed E-state index contributed by atoms with van der Waals surface area (Å²) in [5, 5.41) is 0. The van der Waals surface area contributed by atoms with Crippen molar-refractivity contribution in [2.24, 2.45) is 0 Å². The van der Waals surface area contributed by atoms with Gasteiger partial charge in [-0.1, -0.05) is 24.3 Å². The summed E-state index contributed by atoms with van der Waals surface area (Å²) in [6, 6.07) is 12.8. The van der Waals surface area contributed by atoms with Crippen molar-refractivity contribution < 1.29 is 9.53 Å². The maximum Gasteiger partial charge on any atom is 0.254 e. The summed E-state index contributed by atoms with van der Waals surface area (Å²) >= 11 is 0. The summed E-state index contributed by atoms with van der Waals surface area (Å²) < 4.78 is 5.42. The maximum atomic E-state index is 13.0. The fourth-order valence-electron chi connectivity index (χ4n) is 3.82. The number of rotatable bonds is 5. The van der Waals surface area contributed by atoms with E-state index in [2.05, 4.69) is 43.3 Å². The first-order valence-corrected chi connectivity index (χ1v) is 9.70. The van der Waals surface area contributed by atoms with Gasteiger partial charge in [0.25, 0.3) is 5.91 Å². The normalized spacial score (nSPS) is 17.4. The largest absolute Gasteiger partial charge is 0.369 e. The van der Waals surface area contributed by atoms with Crippen molar-refractivity contribution in [3.05, 3.63) is 64.5 Å². The molecule has 0 saturated carbocycles. The number of methoxy groups -OCH3 is 1. The highest BCUT2D eigenvalue weighted by Crippen LogP contribution is 2.34. The van der Waals surface area contributed by atoms with Crippen LogP contribution in [0.3, 0.4) is 0 Å². The van der Waals surface area contributed by atoms with Gasteiger partial charge in [-0.05, 0) is 75.8 Å². The van der Waals surface area contributed by atoms with Gasteiger partial charge in [0.15, 0.2) is 0 Å². The van der Waals surface area contributed by atoms with E-state index in [0.717, 1.165) is 37.2 Å². The van der Waals surface area contributed by atoms with E-state index in [0.29, 0.717) is 0 Å². The number of nitrogens with zero attached hydrogens (tertiary/aromatic N) is 2. The molecule has 0 spiro atoms. The molecule has 4 heteroatoms. The lowest BCUT2D eigenvalue weighted by Gasteiger charge is -2.32. The first kappa shape index (κ1) is 19.6. The van der Waals surface area contributed by atoms with Gasteiger partial charge in [0.2, 0.25) is 0 Å². The van der Waals surface area contributed by atoms with Crippen LogP contribution in [-0.4, -0.2) is 35.0 Å². The van der Waals surface area contributed by atoms with E-state index in [9.17, 15) is 4.79 Å². The van der Waals surface area contributed by atoms with Crippen LogP contribution in [0.2, 0.25) is 0 Å². The Labute approximate surface area is 162 Å². The number of carbonyl (C=O) groups is 1. The van der Waals surface area contributed by atoms with Gasteiger partial charge in [0.1, 0.15) is 5.60 Å². The minimum Gasteiger partial charge on any atom is -0.369 e. The van der Waals surface area contributed by atoms with Crippen molar-refractivity contribution in [2.75, 3.05) is 13.7 Å². The highest BCUT2D eigenvalue weighted by molar-refractivity contribution is 5.85. The molecule has 1 atom stereocenters. The Morgan fingerprint density at radius 1 is 1.26 bits per heavy atom. The van der Waals surface area contributed by atoms with Crippen molar-refractivity contribution in [1.29, 1.82) is 0 Å². The van der Waals surface area contributed by atoms with Crippen LogP contribution < -0.4 is 0 Å². The average Bonchev–Trinajstić information content (AvgIpc) is 3.12. The van der Waals surface area contributed by atoms with Gasteiger partial charge in [-0.2, -0.15) is 0 Å². The molecule has 3 rings (SSSR count). The van der Waals surface area contributed by atoms with E-state index >= 15 is 0 Å². The van der Waals surface area contributed by atoms with Gasteiger partial charge in [-0.25, -0.2) is 0 Å². The van der Waals surface area contributed by atoms with Crippen LogP contribution in [0.15, 0.2) is 36.4 Å². The molecule has 1 unspecified atom stereocenters. The van der Waals surface area contributed by atoms with Crippen LogP contribution in [0.4, 0.5) is 0 Å². The lowest BCUT2D eigenvalue weighted by atomic mass is 9.98. The average molecular weight is 367 g/mol. The number of pyridine rings is 1. The molecular weight excluding hydrogens is 336 g/mol. The molecule has 27 heavy (non-hydrogen) atoms. The predicted octanol–water partition coefficient (Wildman–Crippen LogP) is 4.38. The molecule has 1 aromatic carbocycles. The van der Waals surface area contributed by atoms with Gasteiger partial charge in [-0.3, -0.25) is 9.78 Å². The second-order valence-electron chi connectivity index (χ2n) is 8.02. The number of amides is 1. The van der Waals surface area contributed by atoms with E-state index in [4.69, 9.17) is 9.72 Å². The van der Waals surface area contributed by atoms with Crippen molar-refractivity contribution in [3.8, 4) is 0 Å². The van der Waals surface area contributed by atoms with Crippen molar-refractivity contribution >= 4 is 5.91 Å². The first-order chi connectivity index (χ1) is 12.8. The number of likely N-dealkylation sites (tertiary alicyclic amines) is 1. The van der Waals surface area contributed by atoms with E-state index < -0.39 is 5.60 Å². The molecule has 0 bridgehead atoms. The molecule has 2 heterocycles. The van der Waals surface area contributed by atoms with Crippen LogP contribution in [0.1, 0.15) is 60.8 Å². The van der Waals surface area contributed by atoms with E-state index in [-0.39, 0.29) is 11.9 Å². The maximum absolute atomic E-state index is 13.0. The van der Waals surface area contributed by atoms with Gasteiger partial charge in [0.05, 0.1) is 11.7 Å². The third-order valence-corrected chi connectivity index (χ3v) is 5.57. The van der Waals surface area contributed by atoms with Gasteiger partial charge < -0.3 is 9.64 Å². The van der Waals surface area contributed by atoms with E-state index in [1.807, 2.05) is 25.7 Å². The monoisotopic (exact) mass is 366 g/mol. The summed E-state index contributed by atoms with van der Waals surface area (Å²) in [6.45, 7) is 8.61. The Bertz CT molecular complexity index is 829. The molecule has 1 aliphatic rings.